The van der Waals surface area contributed by atoms with Crippen molar-refractivity contribution in [3.8, 4) is 22.8 Å². The summed E-state index contributed by atoms with van der Waals surface area (Å²) < 4.78 is 0. The van der Waals surface area contributed by atoms with Gasteiger partial charge >= 0.3 is 0 Å². The van der Waals surface area contributed by atoms with Crippen molar-refractivity contribution in [3.63, 3.8) is 0 Å². The van der Waals surface area contributed by atoms with E-state index in [4.69, 9.17) is 0 Å². The smallest absolute Gasteiger partial charge is 0.269 e. The number of non-ortho nitro benzene ring substituents is 1. The van der Waals surface area contributed by atoms with E-state index < -0.39 is 4.92 Å². The minimum Gasteiger partial charge on any atom is -0.508 e. The van der Waals surface area contributed by atoms with E-state index in [-0.39, 0.29) is 23.1 Å². The highest BCUT2D eigenvalue weighted by Crippen LogP contribution is 2.37. The Bertz CT molecular complexity index is 1200. The number of phenolic OH excluding ortho intramolecular Hbond substituents is 2. The van der Waals surface area contributed by atoms with Gasteiger partial charge in [-0.05, 0) is 53.9 Å². The van der Waals surface area contributed by atoms with Gasteiger partial charge in [0.1, 0.15) is 11.5 Å². The van der Waals surface area contributed by atoms with Crippen molar-refractivity contribution in [1.29, 1.82) is 0 Å². The highest BCUT2D eigenvalue weighted by Gasteiger charge is 2.25. The first-order valence-electron chi connectivity index (χ1n) is 9.87. The number of rotatable bonds is 6. The summed E-state index contributed by atoms with van der Waals surface area (Å²) in [5.41, 5.74) is 5.38. The van der Waals surface area contributed by atoms with Gasteiger partial charge < -0.3 is 10.2 Å². The molecule has 0 aliphatic heterocycles. The second-order valence-electron chi connectivity index (χ2n) is 7.24. The van der Waals surface area contributed by atoms with Crippen molar-refractivity contribution in [2.75, 3.05) is 0 Å². The van der Waals surface area contributed by atoms with Gasteiger partial charge in [-0.3, -0.25) is 15.2 Å². The fourth-order valence-corrected chi connectivity index (χ4v) is 3.81. The van der Waals surface area contributed by atoms with E-state index in [2.05, 4.69) is 10.2 Å². The average Bonchev–Trinajstić information content (AvgIpc) is 3.19. The lowest BCUT2D eigenvalue weighted by Crippen LogP contribution is -2.07. The van der Waals surface area contributed by atoms with Crippen LogP contribution in [0.5, 0.6) is 11.5 Å². The Morgan fingerprint density at radius 2 is 1.42 bits per heavy atom. The number of phenols is 2. The number of aromatic nitrogens is 2. The molecular weight excluding hydrogens is 394 g/mol. The summed E-state index contributed by atoms with van der Waals surface area (Å²) in [4.78, 5) is 10.7. The molecule has 1 aromatic heterocycles. The van der Waals surface area contributed by atoms with Crippen LogP contribution >= 0.6 is 0 Å². The number of nitrogens with zero attached hydrogens (tertiary/aromatic N) is 2. The van der Waals surface area contributed by atoms with E-state index in [1.165, 1.54) is 12.1 Å². The molecule has 0 spiro atoms. The van der Waals surface area contributed by atoms with Crippen LogP contribution in [-0.4, -0.2) is 25.3 Å². The molecule has 0 amide bonds. The molecule has 3 aromatic carbocycles. The van der Waals surface area contributed by atoms with Crippen LogP contribution in [0.25, 0.3) is 11.3 Å². The fourth-order valence-electron chi connectivity index (χ4n) is 3.81. The first-order chi connectivity index (χ1) is 15.0. The molecule has 4 aromatic rings. The molecule has 0 aliphatic carbocycles. The Balaban J connectivity index is 1.86. The summed E-state index contributed by atoms with van der Waals surface area (Å²) in [6, 6.07) is 20.3. The first kappa shape index (κ1) is 20.2. The molecule has 0 bridgehead atoms. The zero-order valence-electron chi connectivity index (χ0n) is 16.8. The number of nitro groups is 1. The van der Waals surface area contributed by atoms with E-state index in [0.717, 1.165) is 33.6 Å². The third kappa shape index (κ3) is 3.98. The molecule has 0 saturated carbocycles. The van der Waals surface area contributed by atoms with Crippen LogP contribution in [0.15, 0.2) is 72.8 Å². The van der Waals surface area contributed by atoms with Gasteiger partial charge in [-0.25, -0.2) is 0 Å². The van der Waals surface area contributed by atoms with Gasteiger partial charge in [0.05, 0.1) is 22.2 Å². The highest BCUT2D eigenvalue weighted by atomic mass is 16.6. The Kier molecular flexibility index (Phi) is 5.41. The van der Waals surface area contributed by atoms with Gasteiger partial charge in [0.2, 0.25) is 0 Å². The molecule has 4 rings (SSSR count). The standard InChI is InChI=1S/C24H21N3O4/c1-2-21-23(17-7-13-20(29)14-8-17)25-26-24(21)22(16-5-11-19(28)12-6-16)15-3-9-18(10-4-15)27(30)31/h3-14,22,28-29H,2H2,1H3,(H,25,26). The third-order valence-electron chi connectivity index (χ3n) is 5.35. The van der Waals surface area contributed by atoms with Crippen molar-refractivity contribution >= 4 is 5.69 Å². The number of hydrogen-bond acceptors (Lipinski definition) is 5. The number of aromatic amines is 1. The van der Waals surface area contributed by atoms with Crippen LogP contribution in [0.3, 0.4) is 0 Å². The second-order valence-corrected chi connectivity index (χ2v) is 7.24. The van der Waals surface area contributed by atoms with Crippen molar-refractivity contribution < 1.29 is 15.1 Å². The van der Waals surface area contributed by atoms with Crippen LogP contribution in [0.1, 0.15) is 35.2 Å². The van der Waals surface area contributed by atoms with Crippen molar-refractivity contribution in [2.45, 2.75) is 19.3 Å². The summed E-state index contributed by atoms with van der Waals surface area (Å²) in [6.45, 7) is 2.04. The van der Waals surface area contributed by atoms with E-state index in [9.17, 15) is 20.3 Å². The number of hydrogen-bond donors (Lipinski definition) is 3. The monoisotopic (exact) mass is 415 g/mol. The number of nitro benzene ring substituents is 1. The Morgan fingerprint density at radius 1 is 0.903 bits per heavy atom. The summed E-state index contributed by atoms with van der Waals surface area (Å²) in [5, 5.41) is 38.2. The SMILES string of the molecule is CCc1c(-c2ccc(O)cc2)n[nH]c1C(c1ccc(O)cc1)c1ccc([N+](=O)[O-])cc1. The fraction of sp³-hybridized carbons (Fsp3) is 0.125. The lowest BCUT2D eigenvalue weighted by atomic mass is 9.85. The number of aromatic hydroxyl groups is 2. The summed E-state index contributed by atoms with van der Waals surface area (Å²) in [6.07, 6.45) is 0.712. The molecule has 1 atom stereocenters. The number of nitrogens with one attached hydrogen (secondary N) is 1. The Hall–Kier alpha value is -4.13. The molecule has 0 fully saturated rings. The van der Waals surface area contributed by atoms with Crippen LogP contribution < -0.4 is 0 Å². The number of benzene rings is 3. The zero-order chi connectivity index (χ0) is 22.0. The van der Waals surface area contributed by atoms with Crippen LogP contribution in [0.2, 0.25) is 0 Å². The average molecular weight is 415 g/mol. The Labute approximate surface area is 178 Å². The third-order valence-corrected chi connectivity index (χ3v) is 5.35. The molecule has 0 radical (unpaired) electrons. The van der Waals surface area contributed by atoms with Gasteiger partial charge in [0.15, 0.2) is 0 Å². The minimum atomic E-state index is -0.421. The van der Waals surface area contributed by atoms with Crippen molar-refractivity contribution in [3.05, 3.63) is 105 Å². The van der Waals surface area contributed by atoms with Crippen LogP contribution in [0, 0.1) is 10.1 Å². The highest BCUT2D eigenvalue weighted by molar-refractivity contribution is 5.66. The normalized spacial score (nSPS) is 11.9. The second kappa shape index (κ2) is 8.31. The van der Waals surface area contributed by atoms with E-state index in [1.807, 2.05) is 31.2 Å². The zero-order valence-corrected chi connectivity index (χ0v) is 16.8. The van der Waals surface area contributed by atoms with Crippen molar-refractivity contribution in [1.82, 2.24) is 10.2 Å². The summed E-state index contributed by atoms with van der Waals surface area (Å²) >= 11 is 0. The predicted molar refractivity (Wildman–Crippen MR) is 117 cm³/mol. The molecular formula is C24H21N3O4. The van der Waals surface area contributed by atoms with Crippen LogP contribution in [-0.2, 0) is 6.42 Å². The van der Waals surface area contributed by atoms with Gasteiger partial charge in [-0.1, -0.05) is 31.2 Å². The number of H-pyrrole nitrogens is 1. The topological polar surface area (TPSA) is 112 Å². The van der Waals surface area contributed by atoms with Gasteiger partial charge in [-0.2, -0.15) is 5.10 Å². The molecule has 1 heterocycles. The molecule has 1 unspecified atom stereocenters. The maximum Gasteiger partial charge on any atom is 0.269 e. The minimum absolute atomic E-state index is 0.0262. The van der Waals surface area contributed by atoms with Crippen molar-refractivity contribution in [2.24, 2.45) is 0 Å². The largest absolute Gasteiger partial charge is 0.508 e. The van der Waals surface area contributed by atoms with E-state index >= 15 is 0 Å². The van der Waals surface area contributed by atoms with Gasteiger partial charge in [0.25, 0.3) is 5.69 Å². The lowest BCUT2D eigenvalue weighted by molar-refractivity contribution is -0.384. The predicted octanol–water partition coefficient (Wildman–Crippen LogP) is 5.14. The molecule has 7 nitrogen and oxygen atoms in total. The summed E-state index contributed by atoms with van der Waals surface area (Å²) in [5.74, 6) is 0.0939. The molecule has 31 heavy (non-hydrogen) atoms. The Morgan fingerprint density at radius 3 is 1.94 bits per heavy atom. The maximum absolute atomic E-state index is 11.1. The molecule has 7 heteroatoms. The molecule has 0 saturated heterocycles. The first-order valence-corrected chi connectivity index (χ1v) is 9.87. The molecule has 156 valence electrons. The van der Waals surface area contributed by atoms with E-state index in [1.54, 1.807) is 36.4 Å². The maximum atomic E-state index is 11.1. The van der Waals surface area contributed by atoms with E-state index in [0.29, 0.717) is 6.42 Å². The quantitative estimate of drug-likeness (QED) is 0.298. The summed E-state index contributed by atoms with van der Waals surface area (Å²) in [7, 11) is 0. The van der Waals surface area contributed by atoms with Gasteiger partial charge in [-0.15, -0.1) is 0 Å². The van der Waals surface area contributed by atoms with Crippen LogP contribution in [0.4, 0.5) is 5.69 Å². The molecule has 3 N–H and O–H groups in total. The van der Waals surface area contributed by atoms with Gasteiger partial charge in [0, 0.05) is 23.3 Å². The lowest BCUT2D eigenvalue weighted by Gasteiger charge is -2.19. The molecule has 0 aliphatic rings.